The summed E-state index contributed by atoms with van der Waals surface area (Å²) in [5.41, 5.74) is 6.50. The minimum atomic E-state index is -1.29. The normalized spacial score (nSPS) is 24.3. The molecule has 2 atom stereocenters. The Hall–Kier alpha value is -2.97. The Kier molecular flexibility index (Phi) is 4.36. The van der Waals surface area contributed by atoms with Gasteiger partial charge in [-0.2, -0.15) is 0 Å². The molecular formula is C28H20INO4. The molecule has 6 heteroatoms. The molecule has 2 heterocycles. The zero-order chi connectivity index (χ0) is 23.0. The highest BCUT2D eigenvalue weighted by atomic mass is 127. The molecule has 3 aromatic carbocycles. The summed E-state index contributed by atoms with van der Waals surface area (Å²) in [4.78, 5) is 29.0. The molecule has 1 saturated heterocycles. The molecule has 1 fully saturated rings. The van der Waals surface area contributed by atoms with Crippen LogP contribution in [0.2, 0.25) is 0 Å². The molecule has 0 aromatic heterocycles. The lowest BCUT2D eigenvalue weighted by molar-refractivity contribution is 0.00582. The lowest BCUT2D eigenvalue weighted by Gasteiger charge is -2.40. The second-order valence-corrected chi connectivity index (χ2v) is 10.5. The number of carbonyl (C=O) groups is 2. The quantitative estimate of drug-likeness (QED) is 0.315. The molecule has 0 radical (unpaired) electrons. The molecule has 5 nitrogen and oxygen atoms in total. The van der Waals surface area contributed by atoms with Gasteiger partial charge in [0.05, 0.1) is 18.3 Å². The van der Waals surface area contributed by atoms with E-state index in [4.69, 9.17) is 9.47 Å². The van der Waals surface area contributed by atoms with Crippen LogP contribution in [0.4, 0.5) is 4.79 Å². The van der Waals surface area contributed by atoms with Crippen molar-refractivity contribution < 1.29 is 19.1 Å². The molecule has 1 unspecified atom stereocenters. The van der Waals surface area contributed by atoms with E-state index in [1.54, 1.807) is 4.90 Å². The van der Waals surface area contributed by atoms with Crippen LogP contribution in [0.15, 0.2) is 76.0 Å². The Labute approximate surface area is 210 Å². The minimum Gasteiger partial charge on any atom is -0.447 e. The fourth-order valence-corrected chi connectivity index (χ4v) is 6.82. The van der Waals surface area contributed by atoms with Gasteiger partial charge in [-0.05, 0) is 63.2 Å². The Bertz CT molecular complexity index is 1430. The van der Waals surface area contributed by atoms with E-state index in [0.29, 0.717) is 24.3 Å². The van der Waals surface area contributed by atoms with Crippen LogP contribution in [0.1, 0.15) is 32.6 Å². The van der Waals surface area contributed by atoms with Gasteiger partial charge in [-0.3, -0.25) is 9.69 Å². The van der Waals surface area contributed by atoms with E-state index >= 15 is 0 Å². The fourth-order valence-electron chi connectivity index (χ4n) is 6.03. The van der Waals surface area contributed by atoms with Crippen LogP contribution in [0.3, 0.4) is 0 Å². The Morgan fingerprint density at radius 3 is 2.62 bits per heavy atom. The van der Waals surface area contributed by atoms with E-state index in [0.717, 1.165) is 37.8 Å². The second kappa shape index (κ2) is 7.26. The molecule has 34 heavy (non-hydrogen) atoms. The largest absolute Gasteiger partial charge is 0.447 e. The van der Waals surface area contributed by atoms with Crippen molar-refractivity contribution in [2.75, 3.05) is 13.2 Å². The molecule has 3 aromatic rings. The smallest absolute Gasteiger partial charge is 0.414 e. The topological polar surface area (TPSA) is 55.8 Å². The maximum Gasteiger partial charge on any atom is 0.414 e. The Morgan fingerprint density at radius 1 is 0.971 bits per heavy atom. The Balaban J connectivity index is 1.37. The molecule has 3 aliphatic carbocycles. The van der Waals surface area contributed by atoms with Crippen molar-refractivity contribution in [3.8, 4) is 11.1 Å². The number of fused-ring (bicyclic) bond motifs is 2. The van der Waals surface area contributed by atoms with Crippen molar-refractivity contribution in [3.63, 3.8) is 0 Å². The lowest BCUT2D eigenvalue weighted by atomic mass is 9.72. The summed E-state index contributed by atoms with van der Waals surface area (Å²) in [6.07, 6.45) is 0.989. The van der Waals surface area contributed by atoms with Gasteiger partial charge in [-0.25, -0.2) is 4.79 Å². The number of cyclic esters (lactones) is 1. The van der Waals surface area contributed by atoms with Crippen LogP contribution in [0.25, 0.3) is 11.1 Å². The maximum absolute atomic E-state index is 14.2. The number of ketones is 1. The summed E-state index contributed by atoms with van der Waals surface area (Å²) in [5.74, 6) is -0.0831. The van der Waals surface area contributed by atoms with E-state index < -0.39 is 11.7 Å². The summed E-state index contributed by atoms with van der Waals surface area (Å²) < 4.78 is 12.8. The van der Waals surface area contributed by atoms with E-state index in [-0.39, 0.29) is 18.4 Å². The molecular weight excluding hydrogens is 541 g/mol. The van der Waals surface area contributed by atoms with Gasteiger partial charge in [0.2, 0.25) is 5.78 Å². The highest BCUT2D eigenvalue weighted by Crippen LogP contribution is 2.56. The van der Waals surface area contributed by atoms with Crippen LogP contribution in [-0.4, -0.2) is 36.0 Å². The number of hydrogen-bond acceptors (Lipinski definition) is 4. The first-order chi connectivity index (χ1) is 16.6. The molecule has 0 N–H and O–H groups in total. The molecule has 168 valence electrons. The third kappa shape index (κ3) is 2.58. The van der Waals surface area contributed by atoms with Gasteiger partial charge in [0.1, 0.15) is 6.61 Å². The highest BCUT2D eigenvalue weighted by molar-refractivity contribution is 14.1. The van der Waals surface area contributed by atoms with E-state index in [1.165, 1.54) is 5.56 Å². The number of halogens is 1. The first-order valence-corrected chi connectivity index (χ1v) is 12.5. The zero-order valence-electron chi connectivity index (χ0n) is 18.2. The number of nitrogens with zero attached hydrogens (tertiary/aromatic N) is 1. The van der Waals surface area contributed by atoms with Gasteiger partial charge in [-0.1, -0.05) is 66.7 Å². The number of hydrogen-bond donors (Lipinski definition) is 0. The standard InChI is InChI=1S/C28H20INO4/c29-23-15-34-28(25(23)30-18(14-33-27(30)32)12-16-6-2-1-3-7-16)22-11-10-20(26(28)31)24-19-9-5-4-8-17(19)13-21(22)24/h1-11,18H,12-15H2/t18-,28?/m1/s1. The predicted octanol–water partition coefficient (Wildman–Crippen LogP) is 5.39. The summed E-state index contributed by atoms with van der Waals surface area (Å²) in [5, 5.41) is 0. The van der Waals surface area contributed by atoms with Gasteiger partial charge in [-0.15, -0.1) is 0 Å². The van der Waals surface area contributed by atoms with Crippen LogP contribution in [-0.2, 0) is 27.9 Å². The number of ether oxygens (including phenoxy) is 2. The monoisotopic (exact) mass is 561 g/mol. The predicted molar refractivity (Wildman–Crippen MR) is 135 cm³/mol. The first kappa shape index (κ1) is 20.4. The van der Waals surface area contributed by atoms with Crippen molar-refractivity contribution in [1.82, 2.24) is 4.90 Å². The minimum absolute atomic E-state index is 0.0831. The van der Waals surface area contributed by atoms with Crippen LogP contribution in [0, 0.1) is 0 Å². The molecule has 0 saturated carbocycles. The van der Waals surface area contributed by atoms with Gasteiger partial charge >= 0.3 is 6.09 Å². The summed E-state index contributed by atoms with van der Waals surface area (Å²) in [7, 11) is 0. The highest BCUT2D eigenvalue weighted by Gasteiger charge is 2.60. The number of benzene rings is 3. The third-order valence-electron chi connectivity index (χ3n) is 7.43. The average molecular weight is 561 g/mol. The van der Waals surface area contributed by atoms with Crippen molar-refractivity contribution in [2.24, 2.45) is 0 Å². The Morgan fingerprint density at radius 2 is 1.76 bits per heavy atom. The van der Waals surface area contributed by atoms with Crippen LogP contribution < -0.4 is 0 Å². The summed E-state index contributed by atoms with van der Waals surface area (Å²) in [6, 6.07) is 22.1. The van der Waals surface area contributed by atoms with E-state index in [2.05, 4.69) is 46.9 Å². The number of rotatable bonds is 3. The molecule has 5 aliphatic rings. The van der Waals surface area contributed by atoms with Crippen molar-refractivity contribution in [1.29, 1.82) is 0 Å². The van der Waals surface area contributed by atoms with Gasteiger partial charge < -0.3 is 9.47 Å². The average Bonchev–Trinajstić information content (AvgIpc) is 3.52. The zero-order valence-corrected chi connectivity index (χ0v) is 20.4. The van der Waals surface area contributed by atoms with Crippen molar-refractivity contribution >= 4 is 34.5 Å². The van der Waals surface area contributed by atoms with Crippen LogP contribution in [0.5, 0.6) is 0 Å². The molecule has 2 aliphatic heterocycles. The molecule has 1 spiro atoms. The number of Topliss-reactive ketones (excluding diaryl/α,β-unsaturated/α-hetero) is 1. The summed E-state index contributed by atoms with van der Waals surface area (Å²) >= 11 is 2.23. The maximum atomic E-state index is 14.2. The van der Waals surface area contributed by atoms with E-state index in [9.17, 15) is 9.59 Å². The van der Waals surface area contributed by atoms with E-state index in [1.807, 2.05) is 42.5 Å². The summed E-state index contributed by atoms with van der Waals surface area (Å²) in [6.45, 7) is 0.580. The second-order valence-electron chi connectivity index (χ2n) is 9.19. The number of amides is 1. The molecule has 8 rings (SSSR count). The number of carbonyl (C=O) groups excluding carboxylic acids is 2. The first-order valence-electron chi connectivity index (χ1n) is 11.4. The fraction of sp³-hybridized carbons (Fsp3) is 0.214. The SMILES string of the molecule is O=C1OC[C@@H](Cc2ccccc2)N1C1=C(I)COC12C(=O)c1ccc2c2c1-c1ccccc1C2. The molecule has 2 bridgehead atoms. The molecule has 1 amide bonds. The van der Waals surface area contributed by atoms with Crippen LogP contribution >= 0.6 is 22.6 Å². The van der Waals surface area contributed by atoms with Crippen molar-refractivity contribution in [2.45, 2.75) is 24.5 Å². The van der Waals surface area contributed by atoms with Gasteiger partial charge in [0.25, 0.3) is 0 Å². The lowest BCUT2D eigenvalue weighted by Crippen LogP contribution is -2.49. The van der Waals surface area contributed by atoms with Gasteiger partial charge in [0.15, 0.2) is 5.60 Å². The third-order valence-corrected chi connectivity index (χ3v) is 8.25. The van der Waals surface area contributed by atoms with Crippen molar-refractivity contribution in [3.05, 3.63) is 104 Å². The van der Waals surface area contributed by atoms with Gasteiger partial charge in [0, 0.05) is 14.7 Å².